The normalized spacial score (nSPS) is 20.8. The van der Waals surface area contributed by atoms with Gasteiger partial charge in [-0.3, -0.25) is 14.5 Å². The van der Waals surface area contributed by atoms with E-state index < -0.39 is 0 Å². The third kappa shape index (κ3) is 3.20. The number of likely N-dealkylation sites (tertiary alicyclic amines) is 1. The Morgan fingerprint density at radius 1 is 1.17 bits per heavy atom. The number of benzene rings is 1. The SMILES string of the molecule is O=C1CC2(CCN(Cc3cnc[nH]3)CC2)ON1Cc1ccccc1. The summed E-state index contributed by atoms with van der Waals surface area (Å²) in [5, 5.41) is 1.56. The maximum absolute atomic E-state index is 12.4. The van der Waals surface area contributed by atoms with Crippen molar-refractivity contribution in [2.75, 3.05) is 13.1 Å². The summed E-state index contributed by atoms with van der Waals surface area (Å²) in [6.45, 7) is 3.27. The van der Waals surface area contributed by atoms with Gasteiger partial charge in [-0.25, -0.2) is 10.0 Å². The van der Waals surface area contributed by atoms with Gasteiger partial charge in [-0.05, 0) is 18.4 Å². The predicted molar refractivity (Wildman–Crippen MR) is 88.5 cm³/mol. The van der Waals surface area contributed by atoms with Gasteiger partial charge in [0.25, 0.3) is 0 Å². The van der Waals surface area contributed by atoms with Crippen molar-refractivity contribution in [3.8, 4) is 0 Å². The molecule has 1 amide bonds. The summed E-state index contributed by atoms with van der Waals surface area (Å²) in [6, 6.07) is 10.00. The van der Waals surface area contributed by atoms with Crippen LogP contribution in [0, 0.1) is 0 Å². The number of piperidine rings is 1. The molecule has 4 rings (SSSR count). The highest BCUT2D eigenvalue weighted by atomic mass is 16.7. The molecule has 1 spiro atoms. The van der Waals surface area contributed by atoms with Gasteiger partial charge in [-0.1, -0.05) is 30.3 Å². The highest BCUT2D eigenvalue weighted by Crippen LogP contribution is 2.37. The molecule has 24 heavy (non-hydrogen) atoms. The van der Waals surface area contributed by atoms with Crippen molar-refractivity contribution in [2.24, 2.45) is 0 Å². The van der Waals surface area contributed by atoms with E-state index >= 15 is 0 Å². The van der Waals surface area contributed by atoms with Crippen molar-refractivity contribution in [1.29, 1.82) is 0 Å². The van der Waals surface area contributed by atoms with Gasteiger partial charge in [0.2, 0.25) is 5.91 Å². The first-order valence-electron chi connectivity index (χ1n) is 8.46. The zero-order valence-corrected chi connectivity index (χ0v) is 13.6. The van der Waals surface area contributed by atoms with Gasteiger partial charge in [0.05, 0.1) is 19.3 Å². The second kappa shape index (κ2) is 6.37. The van der Waals surface area contributed by atoms with Crippen LogP contribution in [-0.4, -0.2) is 44.5 Å². The summed E-state index contributed by atoms with van der Waals surface area (Å²) in [6.07, 6.45) is 5.84. The summed E-state index contributed by atoms with van der Waals surface area (Å²) >= 11 is 0. The van der Waals surface area contributed by atoms with Crippen LogP contribution in [0.25, 0.3) is 0 Å². The Morgan fingerprint density at radius 2 is 1.96 bits per heavy atom. The van der Waals surface area contributed by atoms with Gasteiger partial charge in [0, 0.05) is 31.5 Å². The number of aromatic nitrogens is 2. The first-order chi connectivity index (χ1) is 11.7. The summed E-state index contributed by atoms with van der Waals surface area (Å²) < 4.78 is 0. The van der Waals surface area contributed by atoms with E-state index in [2.05, 4.69) is 14.9 Å². The Balaban J connectivity index is 1.35. The lowest BCUT2D eigenvalue weighted by molar-refractivity contribution is -0.214. The summed E-state index contributed by atoms with van der Waals surface area (Å²) in [5.74, 6) is 0.0980. The second-order valence-corrected chi connectivity index (χ2v) is 6.72. The number of carbonyl (C=O) groups excluding carboxylic acids is 1. The molecule has 126 valence electrons. The number of imidazole rings is 1. The average Bonchev–Trinajstić information content (AvgIpc) is 3.20. The number of hydrogen-bond acceptors (Lipinski definition) is 4. The maximum atomic E-state index is 12.4. The molecular weight excluding hydrogens is 304 g/mol. The number of amides is 1. The molecule has 0 bridgehead atoms. The smallest absolute Gasteiger partial charge is 0.249 e. The Kier molecular flexibility index (Phi) is 4.08. The molecule has 0 atom stereocenters. The number of aromatic amines is 1. The van der Waals surface area contributed by atoms with Gasteiger partial charge in [0.15, 0.2) is 0 Å². The standard InChI is InChI=1S/C18H22N4O2/c23-17-10-18(24-22(17)12-15-4-2-1-3-5-15)6-8-21(9-7-18)13-16-11-19-14-20-16/h1-5,11,14H,6-10,12-13H2,(H,19,20). The molecule has 3 heterocycles. The van der Waals surface area contributed by atoms with E-state index in [9.17, 15) is 4.79 Å². The second-order valence-electron chi connectivity index (χ2n) is 6.72. The molecule has 0 aliphatic carbocycles. The first-order valence-corrected chi connectivity index (χ1v) is 8.46. The van der Waals surface area contributed by atoms with E-state index in [4.69, 9.17) is 4.84 Å². The van der Waals surface area contributed by atoms with Crippen LogP contribution in [0.3, 0.4) is 0 Å². The fraction of sp³-hybridized carbons (Fsp3) is 0.444. The zero-order valence-electron chi connectivity index (χ0n) is 13.6. The molecule has 6 nitrogen and oxygen atoms in total. The van der Waals surface area contributed by atoms with Crippen LogP contribution in [0.1, 0.15) is 30.5 Å². The molecule has 2 fully saturated rings. The van der Waals surface area contributed by atoms with Gasteiger partial charge >= 0.3 is 0 Å². The number of nitrogens with one attached hydrogen (secondary N) is 1. The van der Waals surface area contributed by atoms with Crippen LogP contribution in [-0.2, 0) is 22.7 Å². The zero-order chi connectivity index (χ0) is 16.4. The van der Waals surface area contributed by atoms with Crippen molar-refractivity contribution in [3.05, 3.63) is 54.1 Å². The van der Waals surface area contributed by atoms with Gasteiger partial charge in [-0.2, -0.15) is 0 Å². The Labute approximate surface area is 141 Å². The van der Waals surface area contributed by atoms with Crippen LogP contribution in [0.15, 0.2) is 42.9 Å². The third-order valence-electron chi connectivity index (χ3n) is 4.94. The molecular formula is C18H22N4O2. The fourth-order valence-electron chi connectivity index (χ4n) is 3.55. The quantitative estimate of drug-likeness (QED) is 0.935. The van der Waals surface area contributed by atoms with Crippen LogP contribution in [0.2, 0.25) is 0 Å². The van der Waals surface area contributed by atoms with E-state index in [0.717, 1.165) is 43.7 Å². The maximum Gasteiger partial charge on any atom is 0.249 e. The molecule has 0 unspecified atom stereocenters. The molecule has 1 aromatic heterocycles. The average molecular weight is 326 g/mol. The molecule has 2 aliphatic rings. The van der Waals surface area contributed by atoms with E-state index in [1.54, 1.807) is 11.4 Å². The van der Waals surface area contributed by atoms with E-state index in [0.29, 0.717) is 13.0 Å². The minimum Gasteiger partial charge on any atom is -0.347 e. The monoisotopic (exact) mass is 326 g/mol. The van der Waals surface area contributed by atoms with Crippen molar-refractivity contribution in [3.63, 3.8) is 0 Å². The number of hydrogen-bond donors (Lipinski definition) is 1. The Morgan fingerprint density at radius 3 is 2.67 bits per heavy atom. The first kappa shape index (κ1) is 15.4. The van der Waals surface area contributed by atoms with Crippen LogP contribution in [0.5, 0.6) is 0 Å². The fourth-order valence-corrected chi connectivity index (χ4v) is 3.55. The molecule has 2 aliphatic heterocycles. The minimum atomic E-state index is -0.309. The molecule has 6 heteroatoms. The lowest BCUT2D eigenvalue weighted by atomic mass is 9.88. The topological polar surface area (TPSA) is 61.5 Å². The predicted octanol–water partition coefficient (Wildman–Crippen LogP) is 2.11. The minimum absolute atomic E-state index is 0.0980. The van der Waals surface area contributed by atoms with Crippen molar-refractivity contribution in [2.45, 2.75) is 38.0 Å². The Bertz CT molecular complexity index is 678. The van der Waals surface area contributed by atoms with E-state index in [1.165, 1.54) is 0 Å². The highest BCUT2D eigenvalue weighted by Gasteiger charge is 2.46. The summed E-state index contributed by atoms with van der Waals surface area (Å²) in [4.78, 5) is 28.1. The third-order valence-corrected chi connectivity index (χ3v) is 4.94. The number of carbonyl (C=O) groups is 1. The summed E-state index contributed by atoms with van der Waals surface area (Å²) in [5.41, 5.74) is 1.91. The van der Waals surface area contributed by atoms with Crippen molar-refractivity contribution in [1.82, 2.24) is 19.9 Å². The Hall–Kier alpha value is -2.18. The lowest BCUT2D eigenvalue weighted by Crippen LogP contribution is -2.44. The van der Waals surface area contributed by atoms with Crippen molar-refractivity contribution >= 4 is 5.91 Å². The van der Waals surface area contributed by atoms with Gasteiger partial charge in [-0.15, -0.1) is 0 Å². The van der Waals surface area contributed by atoms with E-state index in [1.807, 2.05) is 36.5 Å². The molecule has 0 saturated carbocycles. The van der Waals surface area contributed by atoms with Gasteiger partial charge < -0.3 is 4.98 Å². The highest BCUT2D eigenvalue weighted by molar-refractivity contribution is 5.78. The van der Waals surface area contributed by atoms with Crippen LogP contribution >= 0.6 is 0 Å². The largest absolute Gasteiger partial charge is 0.347 e. The van der Waals surface area contributed by atoms with Crippen molar-refractivity contribution < 1.29 is 9.63 Å². The number of rotatable bonds is 4. The van der Waals surface area contributed by atoms with Crippen LogP contribution in [0.4, 0.5) is 0 Å². The molecule has 1 aromatic carbocycles. The van der Waals surface area contributed by atoms with Gasteiger partial charge in [0.1, 0.15) is 5.60 Å². The molecule has 2 aromatic rings. The van der Waals surface area contributed by atoms with Crippen LogP contribution < -0.4 is 0 Å². The lowest BCUT2D eigenvalue weighted by Gasteiger charge is -2.37. The van der Waals surface area contributed by atoms with E-state index in [-0.39, 0.29) is 11.5 Å². The number of nitrogens with zero attached hydrogens (tertiary/aromatic N) is 3. The number of H-pyrrole nitrogens is 1. The number of hydroxylamine groups is 2. The summed E-state index contributed by atoms with van der Waals surface area (Å²) in [7, 11) is 0. The molecule has 1 N–H and O–H groups in total. The molecule has 0 radical (unpaired) electrons. The molecule has 2 saturated heterocycles.